The zero-order chi connectivity index (χ0) is 14.0. The Kier molecular flexibility index (Phi) is 3.03. The number of Topliss-reactive ketones (excluding diaryl/α,β-unsaturated/α-hetero) is 2. The van der Waals surface area contributed by atoms with E-state index in [1.807, 2.05) is 0 Å². The number of nitrogens with zero attached hydrogens (tertiary/aromatic N) is 6. The van der Waals surface area contributed by atoms with Crippen molar-refractivity contribution in [2.45, 2.75) is 6.92 Å². The minimum Gasteiger partial charge on any atom is -0.285 e. The van der Waals surface area contributed by atoms with Gasteiger partial charge in [-0.05, 0) is 18.0 Å². The fraction of sp³-hybridized carbons (Fsp3) is 0.0909. The lowest BCUT2D eigenvalue weighted by Gasteiger charge is -2.18. The van der Waals surface area contributed by atoms with Crippen molar-refractivity contribution in [3.8, 4) is 0 Å². The van der Waals surface area contributed by atoms with E-state index >= 15 is 0 Å². The molecule has 8 nitrogen and oxygen atoms in total. The van der Waals surface area contributed by atoms with Gasteiger partial charge in [0.1, 0.15) is 0 Å². The van der Waals surface area contributed by atoms with E-state index in [1.54, 1.807) is 0 Å². The molecule has 1 aliphatic rings. The molecule has 0 atom stereocenters. The molecule has 0 aromatic heterocycles. The summed E-state index contributed by atoms with van der Waals surface area (Å²) in [4.78, 5) is 28.9. The number of fused-ring (bicyclic) bond motifs is 1. The molecule has 0 N–H and O–H groups in total. The van der Waals surface area contributed by atoms with Crippen molar-refractivity contribution < 1.29 is 9.59 Å². The van der Waals surface area contributed by atoms with Gasteiger partial charge in [-0.2, -0.15) is 0 Å². The van der Waals surface area contributed by atoms with E-state index in [1.165, 1.54) is 25.1 Å². The maximum Gasteiger partial charge on any atom is 0.233 e. The third-order valence-electron chi connectivity index (χ3n) is 2.72. The van der Waals surface area contributed by atoms with E-state index in [9.17, 15) is 9.59 Å². The Morgan fingerprint density at radius 1 is 1.05 bits per heavy atom. The van der Waals surface area contributed by atoms with Crippen LogP contribution in [-0.2, 0) is 4.79 Å². The van der Waals surface area contributed by atoms with E-state index in [0.29, 0.717) is 0 Å². The minimum atomic E-state index is -0.729. The van der Waals surface area contributed by atoms with Gasteiger partial charge >= 0.3 is 0 Å². The van der Waals surface area contributed by atoms with Crippen molar-refractivity contribution in [1.29, 1.82) is 0 Å². The molecule has 1 aromatic carbocycles. The third kappa shape index (κ3) is 1.83. The summed E-state index contributed by atoms with van der Waals surface area (Å²) in [6.07, 6.45) is 0. The molecule has 1 aliphatic carbocycles. The minimum absolute atomic E-state index is 0.0186. The van der Waals surface area contributed by atoms with Crippen LogP contribution >= 0.6 is 0 Å². The summed E-state index contributed by atoms with van der Waals surface area (Å²) in [6.45, 7) is 1.39. The van der Waals surface area contributed by atoms with Crippen LogP contribution in [0.1, 0.15) is 22.8 Å². The van der Waals surface area contributed by atoms with E-state index < -0.39 is 11.6 Å². The Labute approximate surface area is 106 Å². The SMILES string of the molecule is CC1=C(N=[N+]=[N-])c2c(N=[N+]=[N-])cccc2C(=O)C1=O. The first kappa shape index (κ1) is 12.4. The second kappa shape index (κ2) is 4.66. The number of hydrogen-bond donors (Lipinski definition) is 0. The lowest BCUT2D eigenvalue weighted by Crippen LogP contribution is -2.22. The number of carbonyl (C=O) groups excluding carboxylic acids is 2. The van der Waals surface area contributed by atoms with Gasteiger partial charge in [0.2, 0.25) is 11.6 Å². The van der Waals surface area contributed by atoms with Crippen LogP contribution in [-0.4, -0.2) is 11.6 Å². The van der Waals surface area contributed by atoms with Gasteiger partial charge in [0.05, 0.1) is 5.70 Å². The first-order valence-electron chi connectivity index (χ1n) is 5.15. The zero-order valence-corrected chi connectivity index (χ0v) is 9.73. The average molecular weight is 254 g/mol. The normalized spacial score (nSPS) is 13.5. The fourth-order valence-electron chi connectivity index (χ4n) is 1.87. The highest BCUT2D eigenvalue weighted by Gasteiger charge is 2.31. The van der Waals surface area contributed by atoms with Crippen LogP contribution in [0.15, 0.2) is 34.0 Å². The standard InChI is InChI=1S/C11H6N6O2/c1-5-9(15-17-13)8-6(11(19)10(5)18)3-2-4-7(8)14-16-12/h2-4H,1H3. The van der Waals surface area contributed by atoms with Crippen LogP contribution in [0.2, 0.25) is 0 Å². The Balaban J connectivity index is 2.92. The van der Waals surface area contributed by atoms with Gasteiger partial charge in [-0.15, -0.1) is 0 Å². The predicted molar refractivity (Wildman–Crippen MR) is 66.3 cm³/mol. The summed E-state index contributed by atoms with van der Waals surface area (Å²) in [7, 11) is 0. The summed E-state index contributed by atoms with van der Waals surface area (Å²) < 4.78 is 0. The molecule has 0 spiro atoms. The van der Waals surface area contributed by atoms with Gasteiger partial charge in [0.25, 0.3) is 0 Å². The van der Waals surface area contributed by atoms with Gasteiger partial charge in [0, 0.05) is 32.2 Å². The maximum absolute atomic E-state index is 11.9. The van der Waals surface area contributed by atoms with Crippen LogP contribution < -0.4 is 0 Å². The molecule has 1 aromatic rings. The van der Waals surface area contributed by atoms with Crippen LogP contribution in [0.25, 0.3) is 26.6 Å². The number of hydrogen-bond acceptors (Lipinski definition) is 4. The molecule has 92 valence electrons. The molecule has 0 heterocycles. The van der Waals surface area contributed by atoms with Crippen molar-refractivity contribution in [2.24, 2.45) is 10.2 Å². The van der Waals surface area contributed by atoms with Gasteiger partial charge in [0.15, 0.2) is 0 Å². The molecule has 0 saturated carbocycles. The third-order valence-corrected chi connectivity index (χ3v) is 2.72. The second-order valence-electron chi connectivity index (χ2n) is 3.71. The zero-order valence-electron chi connectivity index (χ0n) is 9.73. The monoisotopic (exact) mass is 254 g/mol. The highest BCUT2D eigenvalue weighted by atomic mass is 16.2. The molecular weight excluding hydrogens is 248 g/mol. The lowest BCUT2D eigenvalue weighted by atomic mass is 9.87. The van der Waals surface area contributed by atoms with Gasteiger partial charge < -0.3 is 0 Å². The predicted octanol–water partition coefficient (Wildman–Crippen LogP) is 3.44. The Morgan fingerprint density at radius 2 is 1.74 bits per heavy atom. The van der Waals surface area contributed by atoms with Crippen LogP contribution in [0, 0.1) is 0 Å². The van der Waals surface area contributed by atoms with Crippen molar-refractivity contribution in [2.75, 3.05) is 0 Å². The molecule has 0 radical (unpaired) electrons. The number of ketones is 2. The van der Waals surface area contributed by atoms with Crippen molar-refractivity contribution >= 4 is 23.0 Å². The van der Waals surface area contributed by atoms with Crippen LogP contribution in [0.3, 0.4) is 0 Å². The fourth-order valence-corrected chi connectivity index (χ4v) is 1.87. The molecule has 0 unspecified atom stereocenters. The molecule has 0 aliphatic heterocycles. The largest absolute Gasteiger partial charge is 0.285 e. The van der Waals surface area contributed by atoms with Crippen LogP contribution in [0.5, 0.6) is 0 Å². The van der Waals surface area contributed by atoms with Crippen LogP contribution in [0.4, 0.5) is 5.69 Å². The number of rotatable bonds is 2. The highest BCUT2D eigenvalue weighted by Crippen LogP contribution is 2.37. The second-order valence-corrected chi connectivity index (χ2v) is 3.71. The summed E-state index contributed by atoms with van der Waals surface area (Å²) in [6, 6.07) is 4.38. The number of benzene rings is 1. The van der Waals surface area contributed by atoms with E-state index in [-0.39, 0.29) is 28.1 Å². The van der Waals surface area contributed by atoms with E-state index in [4.69, 9.17) is 11.1 Å². The van der Waals surface area contributed by atoms with Gasteiger partial charge in [-0.25, -0.2) is 0 Å². The Bertz CT molecular complexity index is 736. The molecule has 19 heavy (non-hydrogen) atoms. The molecule has 8 heteroatoms. The number of azide groups is 2. The lowest BCUT2D eigenvalue weighted by molar-refractivity contribution is -0.111. The Hall–Kier alpha value is -3.08. The topological polar surface area (TPSA) is 132 Å². The number of allylic oxidation sites excluding steroid dienone is 1. The van der Waals surface area contributed by atoms with Crippen molar-refractivity contribution in [1.82, 2.24) is 0 Å². The summed E-state index contributed by atoms with van der Waals surface area (Å²) in [5.41, 5.74) is 17.5. The van der Waals surface area contributed by atoms with Crippen molar-refractivity contribution in [3.63, 3.8) is 0 Å². The molecule has 0 fully saturated rings. The van der Waals surface area contributed by atoms with E-state index in [2.05, 4.69) is 20.1 Å². The van der Waals surface area contributed by atoms with Gasteiger partial charge in [-0.1, -0.05) is 28.4 Å². The summed E-state index contributed by atoms with van der Waals surface area (Å²) in [5, 5.41) is 6.88. The first-order valence-corrected chi connectivity index (χ1v) is 5.15. The van der Waals surface area contributed by atoms with E-state index in [0.717, 1.165) is 0 Å². The summed E-state index contributed by atoms with van der Waals surface area (Å²) >= 11 is 0. The smallest absolute Gasteiger partial charge is 0.233 e. The number of carbonyl (C=O) groups is 2. The molecule has 0 amide bonds. The quantitative estimate of drug-likeness (QED) is 0.346. The highest BCUT2D eigenvalue weighted by molar-refractivity contribution is 6.52. The average Bonchev–Trinajstić information content (AvgIpc) is 2.41. The molecule has 2 rings (SSSR count). The van der Waals surface area contributed by atoms with Crippen molar-refractivity contribution in [3.05, 3.63) is 55.8 Å². The molecular formula is C11H6N6O2. The Morgan fingerprint density at radius 3 is 2.37 bits per heavy atom. The maximum atomic E-state index is 11.9. The van der Waals surface area contributed by atoms with Gasteiger partial charge in [-0.3, -0.25) is 9.59 Å². The first-order chi connectivity index (χ1) is 9.11. The summed E-state index contributed by atoms with van der Waals surface area (Å²) in [5.74, 6) is -1.44. The molecule has 0 bridgehead atoms. The molecule has 0 saturated heterocycles.